The maximum absolute atomic E-state index is 6.24. The smallest absolute Gasteiger partial charge is 0.125 e. The molecule has 3 unspecified atom stereocenters. The Hall–Kier alpha value is -1.22. The number of nitrogens with one attached hydrogen (secondary N) is 1. The van der Waals surface area contributed by atoms with E-state index in [0.29, 0.717) is 6.04 Å². The molecule has 3 nitrogen and oxygen atoms in total. The molecule has 2 rings (SSSR count). The normalized spacial score (nSPS) is 25.9. The average Bonchev–Trinajstić information content (AvgIpc) is 2.48. The predicted molar refractivity (Wildman–Crippen MR) is 87.2 cm³/mol. The van der Waals surface area contributed by atoms with Gasteiger partial charge in [0.2, 0.25) is 0 Å². The lowest BCUT2D eigenvalue weighted by molar-refractivity contribution is 0.0442. The second-order valence-electron chi connectivity index (χ2n) is 6.26. The molecule has 0 radical (unpaired) electrons. The zero-order valence-electron chi connectivity index (χ0n) is 14.0. The summed E-state index contributed by atoms with van der Waals surface area (Å²) in [5, 5.41) is 3.59. The fourth-order valence-electron chi connectivity index (χ4n) is 2.77. The van der Waals surface area contributed by atoms with E-state index >= 15 is 0 Å². The Kier molecular flexibility index (Phi) is 5.15. The zero-order valence-corrected chi connectivity index (χ0v) is 14.0. The van der Waals surface area contributed by atoms with E-state index in [1.54, 1.807) is 0 Å². The number of rotatable bonds is 6. The highest BCUT2D eigenvalue weighted by Crippen LogP contribution is 2.42. The van der Waals surface area contributed by atoms with Crippen LogP contribution in [0.25, 0.3) is 0 Å². The van der Waals surface area contributed by atoms with Crippen LogP contribution >= 0.6 is 0 Å². The molecule has 1 aliphatic rings. The van der Waals surface area contributed by atoms with Crippen molar-refractivity contribution in [2.24, 2.45) is 0 Å². The molecule has 0 aromatic heterocycles. The minimum Gasteiger partial charge on any atom is -0.491 e. The molecule has 0 amide bonds. The Balaban J connectivity index is 2.29. The molecule has 118 valence electrons. The molecule has 1 N–H and O–H groups in total. The molecule has 3 atom stereocenters. The van der Waals surface area contributed by atoms with Crippen molar-refractivity contribution in [1.82, 2.24) is 5.32 Å². The molecule has 0 saturated heterocycles. The summed E-state index contributed by atoms with van der Waals surface area (Å²) in [6, 6.07) is 6.56. The SMILES string of the molecule is CCNC1CC(C)(CC)Oc2ccc(OC(C)CC)cc21. The van der Waals surface area contributed by atoms with Gasteiger partial charge in [0.15, 0.2) is 0 Å². The quantitative estimate of drug-likeness (QED) is 0.839. The third kappa shape index (κ3) is 3.70. The molecule has 0 fully saturated rings. The maximum Gasteiger partial charge on any atom is 0.125 e. The molecule has 1 aromatic rings. The van der Waals surface area contributed by atoms with Crippen molar-refractivity contribution >= 4 is 0 Å². The Bertz CT molecular complexity index is 474. The van der Waals surface area contributed by atoms with E-state index < -0.39 is 0 Å². The summed E-state index contributed by atoms with van der Waals surface area (Å²) in [4.78, 5) is 0. The summed E-state index contributed by atoms with van der Waals surface area (Å²) in [5.74, 6) is 1.93. The largest absolute Gasteiger partial charge is 0.491 e. The molecular formula is C18H29NO2. The van der Waals surface area contributed by atoms with Crippen LogP contribution in [0.5, 0.6) is 11.5 Å². The monoisotopic (exact) mass is 291 g/mol. The summed E-state index contributed by atoms with van der Waals surface area (Å²) in [6.07, 6.45) is 3.26. The van der Waals surface area contributed by atoms with E-state index in [1.165, 1.54) is 5.56 Å². The lowest BCUT2D eigenvalue weighted by Gasteiger charge is -2.40. The summed E-state index contributed by atoms with van der Waals surface area (Å²) in [7, 11) is 0. The van der Waals surface area contributed by atoms with Crippen molar-refractivity contribution in [2.75, 3.05) is 6.54 Å². The van der Waals surface area contributed by atoms with Gasteiger partial charge in [0, 0.05) is 18.0 Å². The molecule has 1 aromatic carbocycles. The van der Waals surface area contributed by atoms with Gasteiger partial charge >= 0.3 is 0 Å². The van der Waals surface area contributed by atoms with Crippen LogP contribution in [0, 0.1) is 0 Å². The standard InChI is InChI=1S/C18H29NO2/c1-6-13(4)20-14-9-10-17-15(11-14)16(19-8-3)12-18(5,7-2)21-17/h9-11,13,16,19H,6-8,12H2,1-5H3. The molecule has 21 heavy (non-hydrogen) atoms. The lowest BCUT2D eigenvalue weighted by atomic mass is 9.86. The maximum atomic E-state index is 6.24. The van der Waals surface area contributed by atoms with Crippen molar-refractivity contribution in [2.45, 2.75) is 71.6 Å². The van der Waals surface area contributed by atoms with Crippen molar-refractivity contribution in [3.05, 3.63) is 23.8 Å². The van der Waals surface area contributed by atoms with E-state index in [9.17, 15) is 0 Å². The van der Waals surface area contributed by atoms with Gasteiger partial charge in [-0.1, -0.05) is 20.8 Å². The number of benzene rings is 1. The Labute approximate surface area is 129 Å². The van der Waals surface area contributed by atoms with Gasteiger partial charge in [0.1, 0.15) is 17.1 Å². The highest BCUT2D eigenvalue weighted by atomic mass is 16.5. The van der Waals surface area contributed by atoms with Gasteiger partial charge in [-0.05, 0) is 51.4 Å². The summed E-state index contributed by atoms with van der Waals surface area (Å²) >= 11 is 0. The van der Waals surface area contributed by atoms with Crippen LogP contribution in [0.4, 0.5) is 0 Å². The second kappa shape index (κ2) is 6.69. The topological polar surface area (TPSA) is 30.5 Å². The lowest BCUT2D eigenvalue weighted by Crippen LogP contribution is -2.41. The Morgan fingerprint density at radius 2 is 2.14 bits per heavy atom. The second-order valence-corrected chi connectivity index (χ2v) is 6.26. The van der Waals surface area contributed by atoms with Gasteiger partial charge in [0.25, 0.3) is 0 Å². The first kappa shape index (κ1) is 16.2. The number of hydrogen-bond acceptors (Lipinski definition) is 3. The van der Waals surface area contributed by atoms with Gasteiger partial charge < -0.3 is 14.8 Å². The molecule has 1 aliphatic heterocycles. The molecule has 0 saturated carbocycles. The third-order valence-corrected chi connectivity index (χ3v) is 4.46. The molecule has 3 heteroatoms. The summed E-state index contributed by atoms with van der Waals surface area (Å²) in [5.41, 5.74) is 1.14. The number of ether oxygens (including phenoxy) is 2. The summed E-state index contributed by atoms with van der Waals surface area (Å²) in [6.45, 7) is 11.7. The third-order valence-electron chi connectivity index (χ3n) is 4.46. The molecule has 1 heterocycles. The van der Waals surface area contributed by atoms with Crippen molar-refractivity contribution in [3.63, 3.8) is 0 Å². The van der Waals surface area contributed by atoms with Crippen molar-refractivity contribution in [3.8, 4) is 11.5 Å². The predicted octanol–water partition coefficient (Wildman–Crippen LogP) is 4.47. The van der Waals surface area contributed by atoms with Gasteiger partial charge in [-0.15, -0.1) is 0 Å². The van der Waals surface area contributed by atoms with Crippen LogP contribution in [0.3, 0.4) is 0 Å². The van der Waals surface area contributed by atoms with Crippen LogP contribution in [0.15, 0.2) is 18.2 Å². The Morgan fingerprint density at radius 3 is 2.76 bits per heavy atom. The number of hydrogen-bond donors (Lipinski definition) is 1. The van der Waals surface area contributed by atoms with Crippen LogP contribution in [0.1, 0.15) is 65.5 Å². The first-order valence-electron chi connectivity index (χ1n) is 8.24. The van der Waals surface area contributed by atoms with E-state index in [4.69, 9.17) is 9.47 Å². The fourth-order valence-corrected chi connectivity index (χ4v) is 2.77. The minimum absolute atomic E-state index is 0.0844. The summed E-state index contributed by atoms with van der Waals surface area (Å²) < 4.78 is 12.2. The van der Waals surface area contributed by atoms with Crippen LogP contribution in [-0.4, -0.2) is 18.2 Å². The van der Waals surface area contributed by atoms with Crippen molar-refractivity contribution in [1.29, 1.82) is 0 Å². The van der Waals surface area contributed by atoms with Gasteiger partial charge in [-0.3, -0.25) is 0 Å². The average molecular weight is 291 g/mol. The van der Waals surface area contributed by atoms with Crippen LogP contribution < -0.4 is 14.8 Å². The molecule has 0 spiro atoms. The van der Waals surface area contributed by atoms with E-state index in [1.807, 2.05) is 6.07 Å². The zero-order chi connectivity index (χ0) is 15.5. The van der Waals surface area contributed by atoms with Gasteiger partial charge in [0.05, 0.1) is 6.10 Å². The van der Waals surface area contributed by atoms with E-state index in [-0.39, 0.29) is 11.7 Å². The van der Waals surface area contributed by atoms with Crippen LogP contribution in [0.2, 0.25) is 0 Å². The van der Waals surface area contributed by atoms with E-state index in [2.05, 4.69) is 52.1 Å². The molecular weight excluding hydrogens is 262 g/mol. The van der Waals surface area contributed by atoms with Gasteiger partial charge in [-0.2, -0.15) is 0 Å². The van der Waals surface area contributed by atoms with Crippen molar-refractivity contribution < 1.29 is 9.47 Å². The first-order chi connectivity index (χ1) is 10.0. The minimum atomic E-state index is -0.0844. The number of fused-ring (bicyclic) bond motifs is 1. The Morgan fingerprint density at radius 1 is 1.38 bits per heavy atom. The van der Waals surface area contributed by atoms with Crippen LogP contribution in [-0.2, 0) is 0 Å². The highest BCUT2D eigenvalue weighted by Gasteiger charge is 2.35. The fraction of sp³-hybridized carbons (Fsp3) is 0.667. The first-order valence-corrected chi connectivity index (χ1v) is 8.24. The van der Waals surface area contributed by atoms with E-state index in [0.717, 1.165) is 37.3 Å². The van der Waals surface area contributed by atoms with Gasteiger partial charge in [-0.25, -0.2) is 0 Å². The molecule has 0 bridgehead atoms. The highest BCUT2D eigenvalue weighted by molar-refractivity contribution is 5.44. The molecule has 0 aliphatic carbocycles.